The lowest BCUT2D eigenvalue weighted by Gasteiger charge is -2.09. The molecule has 0 amide bonds. The molecule has 100 valence electrons. The Bertz CT molecular complexity index is 526. The quantitative estimate of drug-likeness (QED) is 0.880. The van der Waals surface area contributed by atoms with Gasteiger partial charge in [0.2, 0.25) is 0 Å². The minimum atomic E-state index is 0.682. The molecule has 0 unspecified atom stereocenters. The van der Waals surface area contributed by atoms with Gasteiger partial charge in [0, 0.05) is 16.1 Å². The number of furan rings is 1. The molecule has 3 rings (SSSR count). The minimum Gasteiger partial charge on any atom is -0.460 e. The molecule has 1 aliphatic carbocycles. The second-order valence-corrected chi connectivity index (χ2v) is 6.05. The molecule has 1 saturated carbocycles. The summed E-state index contributed by atoms with van der Waals surface area (Å²) < 4.78 is 6.98. The second kappa shape index (κ2) is 5.93. The van der Waals surface area contributed by atoms with Crippen LogP contribution in [-0.4, -0.2) is 6.04 Å². The van der Waals surface area contributed by atoms with Crippen LogP contribution in [0.25, 0.3) is 11.3 Å². The fourth-order valence-corrected chi connectivity index (χ4v) is 2.88. The average molecular weight is 320 g/mol. The second-order valence-electron chi connectivity index (χ2n) is 5.14. The molecule has 0 bridgehead atoms. The van der Waals surface area contributed by atoms with Crippen LogP contribution < -0.4 is 5.32 Å². The Hall–Kier alpha value is -1.06. The summed E-state index contributed by atoms with van der Waals surface area (Å²) in [5, 5.41) is 3.57. The third-order valence-corrected chi connectivity index (χ3v) is 4.24. The van der Waals surface area contributed by atoms with E-state index in [9.17, 15) is 0 Å². The zero-order chi connectivity index (χ0) is 13.1. The van der Waals surface area contributed by atoms with Gasteiger partial charge in [0.15, 0.2) is 0 Å². The molecule has 1 N–H and O–H groups in total. The fourth-order valence-electron chi connectivity index (χ4n) is 2.62. The van der Waals surface area contributed by atoms with Crippen LogP contribution in [0, 0.1) is 0 Å². The first-order valence-corrected chi connectivity index (χ1v) is 7.68. The van der Waals surface area contributed by atoms with E-state index in [1.807, 2.05) is 12.1 Å². The maximum atomic E-state index is 5.89. The highest BCUT2D eigenvalue weighted by Gasteiger charge is 2.14. The summed E-state index contributed by atoms with van der Waals surface area (Å²) in [5.41, 5.74) is 1.12. The lowest BCUT2D eigenvalue weighted by Crippen LogP contribution is -2.24. The number of hydrogen-bond acceptors (Lipinski definition) is 2. The van der Waals surface area contributed by atoms with Gasteiger partial charge in [-0.3, -0.25) is 0 Å². The Morgan fingerprint density at radius 1 is 1.05 bits per heavy atom. The van der Waals surface area contributed by atoms with Crippen molar-refractivity contribution in [1.82, 2.24) is 5.32 Å². The van der Waals surface area contributed by atoms with E-state index in [1.54, 1.807) is 0 Å². The number of halogens is 1. The molecule has 2 aromatic rings. The Morgan fingerprint density at radius 2 is 1.79 bits per heavy atom. The zero-order valence-corrected chi connectivity index (χ0v) is 12.4. The third-order valence-electron chi connectivity index (χ3n) is 3.71. The van der Waals surface area contributed by atoms with E-state index in [1.165, 1.54) is 25.7 Å². The first-order chi connectivity index (χ1) is 9.31. The molecule has 1 heterocycles. The van der Waals surface area contributed by atoms with Crippen molar-refractivity contribution < 1.29 is 4.42 Å². The smallest absolute Gasteiger partial charge is 0.134 e. The first-order valence-electron chi connectivity index (χ1n) is 6.89. The predicted molar refractivity (Wildman–Crippen MR) is 80.9 cm³/mol. The summed E-state index contributed by atoms with van der Waals surface area (Å²) >= 11 is 3.45. The third kappa shape index (κ3) is 3.28. The SMILES string of the molecule is Brc1ccc(-c2ccc(CNC3CCCC3)o2)cc1. The van der Waals surface area contributed by atoms with Crippen molar-refractivity contribution in [3.63, 3.8) is 0 Å². The summed E-state index contributed by atoms with van der Waals surface area (Å²) in [5.74, 6) is 1.96. The molecule has 19 heavy (non-hydrogen) atoms. The summed E-state index contributed by atoms with van der Waals surface area (Å²) in [7, 11) is 0. The normalized spacial score (nSPS) is 16.1. The fraction of sp³-hybridized carbons (Fsp3) is 0.375. The molecule has 1 aromatic carbocycles. The Balaban J connectivity index is 1.63. The van der Waals surface area contributed by atoms with Gasteiger partial charge in [-0.15, -0.1) is 0 Å². The van der Waals surface area contributed by atoms with E-state index in [4.69, 9.17) is 4.42 Å². The van der Waals surface area contributed by atoms with Crippen molar-refractivity contribution in [1.29, 1.82) is 0 Å². The molecule has 0 aliphatic heterocycles. The Kier molecular flexibility index (Phi) is 4.04. The van der Waals surface area contributed by atoms with Crippen molar-refractivity contribution in [3.8, 4) is 11.3 Å². The van der Waals surface area contributed by atoms with Crippen LogP contribution in [-0.2, 0) is 6.54 Å². The molecule has 2 nitrogen and oxygen atoms in total. The van der Waals surface area contributed by atoms with E-state index in [2.05, 4.69) is 45.5 Å². The van der Waals surface area contributed by atoms with Gasteiger partial charge in [0.05, 0.1) is 6.54 Å². The lowest BCUT2D eigenvalue weighted by atomic mass is 10.2. The average Bonchev–Trinajstić information content (AvgIpc) is 3.09. The minimum absolute atomic E-state index is 0.682. The molecule has 1 fully saturated rings. The van der Waals surface area contributed by atoms with E-state index < -0.39 is 0 Å². The van der Waals surface area contributed by atoms with Gasteiger partial charge in [-0.25, -0.2) is 0 Å². The van der Waals surface area contributed by atoms with Crippen molar-refractivity contribution >= 4 is 15.9 Å². The maximum absolute atomic E-state index is 5.89. The van der Waals surface area contributed by atoms with Gasteiger partial charge in [0.25, 0.3) is 0 Å². The number of benzene rings is 1. The van der Waals surface area contributed by atoms with Gasteiger partial charge in [-0.05, 0) is 37.1 Å². The zero-order valence-electron chi connectivity index (χ0n) is 10.9. The van der Waals surface area contributed by atoms with Crippen molar-refractivity contribution in [2.45, 2.75) is 38.3 Å². The topological polar surface area (TPSA) is 25.2 Å². The lowest BCUT2D eigenvalue weighted by molar-refractivity contribution is 0.452. The standard InChI is InChI=1S/C16H18BrNO/c17-13-7-5-12(6-8-13)16-10-9-15(19-16)11-18-14-3-1-2-4-14/h5-10,14,18H,1-4,11H2. The molecule has 1 aliphatic rings. The van der Waals surface area contributed by atoms with Gasteiger partial charge in [-0.1, -0.05) is 40.9 Å². The number of nitrogens with one attached hydrogen (secondary N) is 1. The molecule has 0 spiro atoms. The largest absolute Gasteiger partial charge is 0.460 e. The maximum Gasteiger partial charge on any atom is 0.134 e. The summed E-state index contributed by atoms with van der Waals surface area (Å²) in [6.45, 7) is 0.835. The summed E-state index contributed by atoms with van der Waals surface area (Å²) in [6, 6.07) is 13.0. The number of rotatable bonds is 4. The van der Waals surface area contributed by atoms with Crippen LogP contribution in [0.3, 0.4) is 0 Å². The highest BCUT2D eigenvalue weighted by molar-refractivity contribution is 9.10. The number of hydrogen-bond donors (Lipinski definition) is 1. The van der Waals surface area contributed by atoms with Crippen LogP contribution >= 0.6 is 15.9 Å². The van der Waals surface area contributed by atoms with E-state index in [0.717, 1.165) is 28.1 Å². The van der Waals surface area contributed by atoms with Crippen LogP contribution in [0.1, 0.15) is 31.4 Å². The molecule has 0 radical (unpaired) electrons. The van der Waals surface area contributed by atoms with E-state index >= 15 is 0 Å². The van der Waals surface area contributed by atoms with Gasteiger partial charge in [-0.2, -0.15) is 0 Å². The highest BCUT2D eigenvalue weighted by atomic mass is 79.9. The van der Waals surface area contributed by atoms with Crippen LogP contribution in [0.4, 0.5) is 0 Å². The predicted octanol–water partition coefficient (Wildman–Crippen LogP) is 4.74. The summed E-state index contributed by atoms with van der Waals surface area (Å²) in [4.78, 5) is 0. The van der Waals surface area contributed by atoms with Crippen LogP contribution in [0.2, 0.25) is 0 Å². The monoisotopic (exact) mass is 319 g/mol. The first kappa shape index (κ1) is 12.9. The van der Waals surface area contributed by atoms with Gasteiger partial charge in [0.1, 0.15) is 11.5 Å². The molecule has 3 heteroatoms. The molecule has 0 saturated heterocycles. The molecule has 0 atom stereocenters. The van der Waals surface area contributed by atoms with Crippen LogP contribution in [0.15, 0.2) is 45.3 Å². The van der Waals surface area contributed by atoms with Gasteiger partial charge < -0.3 is 9.73 Å². The van der Waals surface area contributed by atoms with Crippen molar-refractivity contribution in [3.05, 3.63) is 46.6 Å². The van der Waals surface area contributed by atoms with Crippen molar-refractivity contribution in [2.75, 3.05) is 0 Å². The molecular weight excluding hydrogens is 302 g/mol. The Labute approximate surface area is 122 Å². The van der Waals surface area contributed by atoms with E-state index in [-0.39, 0.29) is 0 Å². The van der Waals surface area contributed by atoms with E-state index in [0.29, 0.717) is 6.04 Å². The van der Waals surface area contributed by atoms with Crippen LogP contribution in [0.5, 0.6) is 0 Å². The summed E-state index contributed by atoms with van der Waals surface area (Å²) in [6.07, 6.45) is 5.33. The van der Waals surface area contributed by atoms with Crippen molar-refractivity contribution in [2.24, 2.45) is 0 Å². The molecular formula is C16H18BrNO. The van der Waals surface area contributed by atoms with Gasteiger partial charge >= 0.3 is 0 Å². The highest BCUT2D eigenvalue weighted by Crippen LogP contribution is 2.24. The Morgan fingerprint density at radius 3 is 2.53 bits per heavy atom. The molecule has 1 aromatic heterocycles.